The lowest BCUT2D eigenvalue weighted by Crippen LogP contribution is -1.99. The molecule has 0 radical (unpaired) electrons. The van der Waals surface area contributed by atoms with E-state index < -0.39 is 0 Å². The van der Waals surface area contributed by atoms with Crippen molar-refractivity contribution in [3.05, 3.63) is 65.2 Å². The monoisotopic (exact) mass is 246 g/mol. The Bertz CT molecular complexity index is 494. The van der Waals surface area contributed by atoms with Crippen molar-refractivity contribution in [1.29, 1.82) is 0 Å². The lowest BCUT2D eigenvalue weighted by Gasteiger charge is -2.11. The average molecular weight is 247 g/mol. The Morgan fingerprint density at radius 1 is 0.941 bits per heavy atom. The van der Waals surface area contributed by atoms with Crippen LogP contribution in [-0.4, -0.2) is 0 Å². The second-order valence-electron chi connectivity index (χ2n) is 3.96. The van der Waals surface area contributed by atoms with Crippen LogP contribution in [0.1, 0.15) is 16.7 Å². The summed E-state index contributed by atoms with van der Waals surface area (Å²) in [6.45, 7) is 2.61. The summed E-state index contributed by atoms with van der Waals surface area (Å²) in [6.07, 6.45) is 0. The van der Waals surface area contributed by atoms with Gasteiger partial charge in [-0.05, 0) is 29.7 Å². The second-order valence-corrected chi connectivity index (χ2v) is 4.22. The number of benzene rings is 2. The standard InChI is InChI=1S/C15H15ClO/c1-12-6-2-5-9-15(12)17-11-14-8-4-3-7-13(14)10-16/h2-9H,10-11H2,1H3. The van der Waals surface area contributed by atoms with Crippen molar-refractivity contribution in [2.75, 3.05) is 0 Å². The van der Waals surface area contributed by atoms with Crippen LogP contribution in [0.5, 0.6) is 5.75 Å². The van der Waals surface area contributed by atoms with Crippen LogP contribution >= 0.6 is 11.6 Å². The third-order valence-corrected chi connectivity index (χ3v) is 3.03. The zero-order chi connectivity index (χ0) is 12.1. The SMILES string of the molecule is Cc1ccccc1OCc1ccccc1CCl. The second kappa shape index (κ2) is 5.74. The van der Waals surface area contributed by atoms with Crippen LogP contribution in [0.25, 0.3) is 0 Å². The average Bonchev–Trinajstić information content (AvgIpc) is 2.38. The van der Waals surface area contributed by atoms with Gasteiger partial charge in [0.15, 0.2) is 0 Å². The third kappa shape index (κ3) is 3.01. The highest BCUT2D eigenvalue weighted by Gasteiger charge is 2.02. The van der Waals surface area contributed by atoms with Crippen LogP contribution in [0.3, 0.4) is 0 Å². The van der Waals surface area contributed by atoms with Gasteiger partial charge in [0, 0.05) is 5.88 Å². The van der Waals surface area contributed by atoms with Gasteiger partial charge in [0.25, 0.3) is 0 Å². The van der Waals surface area contributed by atoms with Gasteiger partial charge in [-0.25, -0.2) is 0 Å². The maximum Gasteiger partial charge on any atom is 0.122 e. The van der Waals surface area contributed by atoms with E-state index in [1.165, 1.54) is 0 Å². The topological polar surface area (TPSA) is 9.23 Å². The fourth-order valence-corrected chi connectivity index (χ4v) is 1.96. The van der Waals surface area contributed by atoms with E-state index in [9.17, 15) is 0 Å². The number of aryl methyl sites for hydroxylation is 1. The molecule has 2 aromatic carbocycles. The number of hydrogen-bond donors (Lipinski definition) is 0. The molecule has 0 bridgehead atoms. The van der Waals surface area contributed by atoms with E-state index in [0.717, 1.165) is 22.4 Å². The van der Waals surface area contributed by atoms with E-state index in [2.05, 4.69) is 6.07 Å². The van der Waals surface area contributed by atoms with E-state index in [-0.39, 0.29) is 0 Å². The Balaban J connectivity index is 2.10. The molecular formula is C15H15ClO. The molecule has 0 aliphatic rings. The predicted molar refractivity (Wildman–Crippen MR) is 71.5 cm³/mol. The summed E-state index contributed by atoms with van der Waals surface area (Å²) in [6, 6.07) is 16.1. The van der Waals surface area contributed by atoms with E-state index in [1.54, 1.807) is 0 Å². The lowest BCUT2D eigenvalue weighted by atomic mass is 10.1. The molecule has 0 aliphatic heterocycles. The van der Waals surface area contributed by atoms with Gasteiger partial charge in [-0.3, -0.25) is 0 Å². The maximum absolute atomic E-state index is 5.89. The zero-order valence-corrected chi connectivity index (χ0v) is 10.6. The third-order valence-electron chi connectivity index (χ3n) is 2.74. The molecule has 0 heterocycles. The van der Waals surface area contributed by atoms with Crippen molar-refractivity contribution in [1.82, 2.24) is 0 Å². The minimum absolute atomic E-state index is 0.521. The molecule has 0 saturated carbocycles. The molecule has 88 valence electrons. The first kappa shape index (κ1) is 12.0. The van der Waals surface area contributed by atoms with Crippen molar-refractivity contribution in [3.8, 4) is 5.75 Å². The minimum atomic E-state index is 0.521. The summed E-state index contributed by atoms with van der Waals surface area (Å²) in [7, 11) is 0. The maximum atomic E-state index is 5.89. The number of alkyl halides is 1. The molecule has 0 fully saturated rings. The summed E-state index contributed by atoms with van der Waals surface area (Å²) in [5.41, 5.74) is 3.42. The highest BCUT2D eigenvalue weighted by Crippen LogP contribution is 2.19. The highest BCUT2D eigenvalue weighted by atomic mass is 35.5. The molecule has 0 amide bonds. The molecule has 0 aliphatic carbocycles. The fourth-order valence-electron chi connectivity index (χ4n) is 1.70. The van der Waals surface area contributed by atoms with Crippen LogP contribution in [0.4, 0.5) is 0 Å². The Morgan fingerprint density at radius 2 is 1.59 bits per heavy atom. The zero-order valence-electron chi connectivity index (χ0n) is 9.82. The normalized spacial score (nSPS) is 10.2. The number of hydrogen-bond acceptors (Lipinski definition) is 1. The van der Waals surface area contributed by atoms with Gasteiger partial charge in [-0.15, -0.1) is 11.6 Å². The van der Waals surface area contributed by atoms with Crippen LogP contribution < -0.4 is 4.74 Å². The van der Waals surface area contributed by atoms with Gasteiger partial charge in [-0.2, -0.15) is 0 Å². The molecule has 0 unspecified atom stereocenters. The van der Waals surface area contributed by atoms with Gasteiger partial charge in [0.2, 0.25) is 0 Å². The first-order valence-electron chi connectivity index (χ1n) is 5.62. The minimum Gasteiger partial charge on any atom is -0.489 e. The Labute approximate surface area is 107 Å². The van der Waals surface area contributed by atoms with Crippen molar-refractivity contribution in [2.24, 2.45) is 0 Å². The van der Waals surface area contributed by atoms with E-state index >= 15 is 0 Å². The smallest absolute Gasteiger partial charge is 0.122 e. The summed E-state index contributed by atoms with van der Waals surface area (Å²) in [5, 5.41) is 0. The Kier molecular flexibility index (Phi) is 4.05. The van der Waals surface area contributed by atoms with Crippen molar-refractivity contribution >= 4 is 11.6 Å². The molecule has 0 saturated heterocycles. The number of para-hydroxylation sites is 1. The molecule has 2 heteroatoms. The van der Waals surface area contributed by atoms with Gasteiger partial charge in [0.1, 0.15) is 12.4 Å². The first-order chi connectivity index (χ1) is 8.31. The fraction of sp³-hybridized carbons (Fsp3) is 0.200. The lowest BCUT2D eigenvalue weighted by molar-refractivity contribution is 0.303. The number of halogens is 1. The summed E-state index contributed by atoms with van der Waals surface area (Å²) in [5.74, 6) is 1.45. The molecule has 2 aromatic rings. The highest BCUT2D eigenvalue weighted by molar-refractivity contribution is 6.17. The summed E-state index contributed by atoms with van der Waals surface area (Å²) in [4.78, 5) is 0. The first-order valence-corrected chi connectivity index (χ1v) is 6.16. The van der Waals surface area contributed by atoms with Crippen LogP contribution in [0, 0.1) is 6.92 Å². The number of ether oxygens (including phenoxy) is 1. The van der Waals surface area contributed by atoms with Crippen LogP contribution in [0.2, 0.25) is 0 Å². The van der Waals surface area contributed by atoms with Gasteiger partial charge in [-0.1, -0.05) is 42.5 Å². The van der Waals surface area contributed by atoms with E-state index in [4.69, 9.17) is 16.3 Å². The molecule has 17 heavy (non-hydrogen) atoms. The van der Waals surface area contributed by atoms with Crippen LogP contribution in [0.15, 0.2) is 48.5 Å². The Morgan fingerprint density at radius 3 is 2.29 bits per heavy atom. The molecular weight excluding hydrogens is 232 g/mol. The van der Waals surface area contributed by atoms with E-state index in [0.29, 0.717) is 12.5 Å². The van der Waals surface area contributed by atoms with Gasteiger partial charge < -0.3 is 4.74 Å². The molecule has 0 atom stereocenters. The van der Waals surface area contributed by atoms with Crippen molar-refractivity contribution in [2.45, 2.75) is 19.4 Å². The molecule has 1 nitrogen and oxygen atoms in total. The molecule has 2 rings (SSSR count). The summed E-state index contributed by atoms with van der Waals surface area (Å²) < 4.78 is 5.81. The predicted octanol–water partition coefficient (Wildman–Crippen LogP) is 4.31. The van der Waals surface area contributed by atoms with Crippen molar-refractivity contribution < 1.29 is 4.74 Å². The number of rotatable bonds is 4. The van der Waals surface area contributed by atoms with Gasteiger partial charge >= 0.3 is 0 Å². The van der Waals surface area contributed by atoms with Crippen molar-refractivity contribution in [3.63, 3.8) is 0 Å². The summed E-state index contributed by atoms with van der Waals surface area (Å²) >= 11 is 5.89. The van der Waals surface area contributed by atoms with Gasteiger partial charge in [0.05, 0.1) is 0 Å². The van der Waals surface area contributed by atoms with E-state index in [1.807, 2.05) is 49.4 Å². The molecule has 0 aromatic heterocycles. The van der Waals surface area contributed by atoms with Crippen LogP contribution in [-0.2, 0) is 12.5 Å². The molecule has 0 spiro atoms. The largest absolute Gasteiger partial charge is 0.489 e. The Hall–Kier alpha value is -1.47. The molecule has 0 N–H and O–H groups in total. The quantitative estimate of drug-likeness (QED) is 0.731.